The predicted octanol–water partition coefficient (Wildman–Crippen LogP) is 3.17. The molecule has 1 saturated heterocycles. The minimum Gasteiger partial charge on any atom is -0.457 e. The first kappa shape index (κ1) is 16.4. The molecule has 2 aromatic carbocycles. The van der Waals surface area contributed by atoms with Gasteiger partial charge in [0.25, 0.3) is 5.69 Å². The van der Waals surface area contributed by atoms with E-state index in [0.29, 0.717) is 24.6 Å². The molecule has 3 rings (SSSR count). The van der Waals surface area contributed by atoms with Crippen LogP contribution in [-0.2, 0) is 10.0 Å². The van der Waals surface area contributed by atoms with E-state index in [0.717, 1.165) is 12.8 Å². The van der Waals surface area contributed by atoms with E-state index in [1.165, 1.54) is 40.7 Å². The summed E-state index contributed by atoms with van der Waals surface area (Å²) >= 11 is 0. The van der Waals surface area contributed by atoms with E-state index in [2.05, 4.69) is 0 Å². The van der Waals surface area contributed by atoms with Gasteiger partial charge in [0.05, 0.1) is 9.82 Å². The van der Waals surface area contributed by atoms with Crippen LogP contribution in [0.25, 0.3) is 0 Å². The Morgan fingerprint density at radius 3 is 1.92 bits per heavy atom. The van der Waals surface area contributed by atoms with Gasteiger partial charge in [-0.05, 0) is 49.2 Å². The van der Waals surface area contributed by atoms with E-state index in [4.69, 9.17) is 4.74 Å². The highest BCUT2D eigenvalue weighted by Crippen LogP contribution is 2.26. The minimum absolute atomic E-state index is 0.0191. The monoisotopic (exact) mass is 348 g/mol. The van der Waals surface area contributed by atoms with Crippen molar-refractivity contribution in [3.63, 3.8) is 0 Å². The van der Waals surface area contributed by atoms with E-state index in [9.17, 15) is 18.5 Å². The molecule has 0 aliphatic carbocycles. The third-order valence-corrected chi connectivity index (χ3v) is 5.72. The normalized spacial score (nSPS) is 15.3. The fraction of sp³-hybridized carbons (Fsp3) is 0.250. The molecule has 0 spiro atoms. The lowest BCUT2D eigenvalue weighted by Gasteiger charge is -2.15. The fourth-order valence-electron chi connectivity index (χ4n) is 2.53. The summed E-state index contributed by atoms with van der Waals surface area (Å²) < 4.78 is 31.9. The molecule has 0 atom stereocenters. The molecular weight excluding hydrogens is 332 g/mol. The number of rotatable bonds is 5. The van der Waals surface area contributed by atoms with Gasteiger partial charge in [-0.3, -0.25) is 10.1 Å². The third kappa shape index (κ3) is 3.39. The summed E-state index contributed by atoms with van der Waals surface area (Å²) in [6.45, 7) is 1.12. The molecule has 24 heavy (non-hydrogen) atoms. The zero-order valence-electron chi connectivity index (χ0n) is 12.8. The summed E-state index contributed by atoms with van der Waals surface area (Å²) in [6.07, 6.45) is 1.78. The number of nitrogens with zero attached hydrogens (tertiary/aromatic N) is 2. The van der Waals surface area contributed by atoms with Crippen molar-refractivity contribution in [1.29, 1.82) is 0 Å². The summed E-state index contributed by atoms with van der Waals surface area (Å²) in [6, 6.07) is 11.8. The number of non-ortho nitro benzene ring substituents is 1. The van der Waals surface area contributed by atoms with Crippen molar-refractivity contribution >= 4 is 15.7 Å². The highest BCUT2D eigenvalue weighted by atomic mass is 32.2. The lowest BCUT2D eigenvalue weighted by atomic mass is 10.3. The van der Waals surface area contributed by atoms with Gasteiger partial charge in [-0.2, -0.15) is 4.31 Å². The van der Waals surface area contributed by atoms with Gasteiger partial charge in [0.15, 0.2) is 0 Å². The molecule has 0 radical (unpaired) electrons. The van der Waals surface area contributed by atoms with Crippen molar-refractivity contribution in [2.45, 2.75) is 17.7 Å². The number of nitro benzene ring substituents is 1. The molecule has 1 aliphatic rings. The van der Waals surface area contributed by atoms with E-state index in [-0.39, 0.29) is 10.6 Å². The van der Waals surface area contributed by atoms with Gasteiger partial charge in [-0.15, -0.1) is 0 Å². The van der Waals surface area contributed by atoms with E-state index in [1.54, 1.807) is 12.1 Å². The van der Waals surface area contributed by atoms with Crippen LogP contribution in [0.5, 0.6) is 11.5 Å². The molecule has 8 heteroatoms. The van der Waals surface area contributed by atoms with Crippen LogP contribution in [0.4, 0.5) is 5.69 Å². The predicted molar refractivity (Wildman–Crippen MR) is 87.6 cm³/mol. The molecule has 1 heterocycles. The maximum Gasteiger partial charge on any atom is 0.269 e. The van der Waals surface area contributed by atoms with Crippen LogP contribution in [0.2, 0.25) is 0 Å². The van der Waals surface area contributed by atoms with Crippen molar-refractivity contribution < 1.29 is 18.1 Å². The number of benzene rings is 2. The molecule has 0 saturated carbocycles. The van der Waals surface area contributed by atoms with Crippen LogP contribution < -0.4 is 4.74 Å². The Labute approximate surface area is 139 Å². The summed E-state index contributed by atoms with van der Waals surface area (Å²) in [5.74, 6) is 0.903. The Balaban J connectivity index is 1.73. The second-order valence-electron chi connectivity index (χ2n) is 5.44. The zero-order valence-corrected chi connectivity index (χ0v) is 13.6. The molecule has 0 amide bonds. The molecule has 1 aliphatic heterocycles. The highest BCUT2D eigenvalue weighted by Gasteiger charge is 2.26. The summed E-state index contributed by atoms with van der Waals surface area (Å²) in [7, 11) is -3.44. The summed E-state index contributed by atoms with van der Waals surface area (Å²) in [5, 5.41) is 10.6. The van der Waals surface area contributed by atoms with Crippen molar-refractivity contribution in [2.24, 2.45) is 0 Å². The van der Waals surface area contributed by atoms with E-state index in [1.807, 2.05) is 0 Å². The standard InChI is InChI=1S/C16H16N2O5S/c19-18(20)13-3-5-14(6-4-13)23-15-7-9-16(10-8-15)24(21,22)17-11-1-2-12-17/h3-10H,1-2,11-12H2. The first-order chi connectivity index (χ1) is 11.5. The molecule has 0 unspecified atom stereocenters. The Kier molecular flexibility index (Phi) is 4.50. The molecule has 7 nitrogen and oxygen atoms in total. The smallest absolute Gasteiger partial charge is 0.269 e. The van der Waals surface area contributed by atoms with Gasteiger partial charge >= 0.3 is 0 Å². The van der Waals surface area contributed by atoms with Crippen LogP contribution in [0, 0.1) is 10.1 Å². The number of nitro groups is 1. The zero-order chi connectivity index (χ0) is 17.2. The van der Waals surface area contributed by atoms with Gasteiger partial charge in [-0.25, -0.2) is 8.42 Å². The number of ether oxygens (including phenoxy) is 1. The quantitative estimate of drug-likeness (QED) is 0.611. The molecule has 0 aromatic heterocycles. The number of hydrogen-bond acceptors (Lipinski definition) is 5. The third-order valence-electron chi connectivity index (χ3n) is 3.81. The van der Waals surface area contributed by atoms with Crippen LogP contribution in [0.3, 0.4) is 0 Å². The van der Waals surface area contributed by atoms with Gasteiger partial charge < -0.3 is 4.74 Å². The topological polar surface area (TPSA) is 89.7 Å². The minimum atomic E-state index is -3.44. The maximum absolute atomic E-state index is 12.4. The van der Waals surface area contributed by atoms with Gasteiger partial charge in [-0.1, -0.05) is 0 Å². The highest BCUT2D eigenvalue weighted by molar-refractivity contribution is 7.89. The summed E-state index contributed by atoms with van der Waals surface area (Å²) in [5.41, 5.74) is -0.0191. The van der Waals surface area contributed by atoms with Crippen LogP contribution >= 0.6 is 0 Å². The number of hydrogen-bond donors (Lipinski definition) is 0. The molecule has 126 valence electrons. The fourth-order valence-corrected chi connectivity index (χ4v) is 4.05. The SMILES string of the molecule is O=[N+]([O-])c1ccc(Oc2ccc(S(=O)(=O)N3CCCC3)cc2)cc1. The average Bonchev–Trinajstić information content (AvgIpc) is 3.11. The van der Waals surface area contributed by atoms with Crippen LogP contribution in [0.1, 0.15) is 12.8 Å². The van der Waals surface area contributed by atoms with Gasteiger partial charge in [0, 0.05) is 25.2 Å². The van der Waals surface area contributed by atoms with Crippen LogP contribution in [-0.4, -0.2) is 30.7 Å². The van der Waals surface area contributed by atoms with E-state index < -0.39 is 14.9 Å². The Morgan fingerprint density at radius 2 is 1.42 bits per heavy atom. The van der Waals surface area contributed by atoms with Crippen molar-refractivity contribution in [3.8, 4) is 11.5 Å². The van der Waals surface area contributed by atoms with Crippen molar-refractivity contribution in [3.05, 3.63) is 58.6 Å². The lowest BCUT2D eigenvalue weighted by Crippen LogP contribution is -2.27. The first-order valence-corrected chi connectivity index (χ1v) is 8.93. The Morgan fingerprint density at radius 1 is 0.917 bits per heavy atom. The molecule has 0 N–H and O–H groups in total. The van der Waals surface area contributed by atoms with Crippen molar-refractivity contribution in [1.82, 2.24) is 4.31 Å². The Hall–Kier alpha value is -2.45. The first-order valence-electron chi connectivity index (χ1n) is 7.49. The molecule has 0 bridgehead atoms. The van der Waals surface area contributed by atoms with Gasteiger partial charge in [0.1, 0.15) is 11.5 Å². The summed E-state index contributed by atoms with van der Waals surface area (Å²) in [4.78, 5) is 10.4. The second kappa shape index (κ2) is 6.58. The lowest BCUT2D eigenvalue weighted by molar-refractivity contribution is -0.384. The van der Waals surface area contributed by atoms with Gasteiger partial charge in [0.2, 0.25) is 10.0 Å². The average molecular weight is 348 g/mol. The number of sulfonamides is 1. The maximum atomic E-state index is 12.4. The largest absolute Gasteiger partial charge is 0.457 e. The van der Waals surface area contributed by atoms with Crippen molar-refractivity contribution in [2.75, 3.05) is 13.1 Å². The second-order valence-corrected chi connectivity index (χ2v) is 7.37. The van der Waals surface area contributed by atoms with E-state index >= 15 is 0 Å². The molecule has 2 aromatic rings. The van der Waals surface area contributed by atoms with Crippen LogP contribution in [0.15, 0.2) is 53.4 Å². The molecular formula is C16H16N2O5S. The Bertz CT molecular complexity index is 826. The molecule has 1 fully saturated rings.